The zero-order chi connectivity index (χ0) is 27.9. The number of para-hydroxylation sites is 1. The van der Waals surface area contributed by atoms with Gasteiger partial charge in [-0.25, -0.2) is 4.79 Å². The molecule has 8 rings (SSSR count). The minimum absolute atomic E-state index is 0.0356. The first-order valence-corrected chi connectivity index (χ1v) is 15.4. The number of H-pyrrole nitrogens is 1. The van der Waals surface area contributed by atoms with E-state index in [0.29, 0.717) is 36.4 Å². The summed E-state index contributed by atoms with van der Waals surface area (Å²) in [5.41, 5.74) is 0.646. The van der Waals surface area contributed by atoms with E-state index in [1.165, 1.54) is 0 Å². The first-order valence-electron chi connectivity index (χ1n) is 13.9. The van der Waals surface area contributed by atoms with Crippen molar-refractivity contribution in [3.05, 3.63) is 36.0 Å². The molecular weight excluding hydrogens is 520 g/mol. The lowest BCUT2D eigenvalue weighted by Crippen LogP contribution is -2.63. The van der Waals surface area contributed by atoms with E-state index in [0.717, 1.165) is 43.0 Å². The second-order valence-corrected chi connectivity index (χ2v) is 14.4. The summed E-state index contributed by atoms with van der Waals surface area (Å²) in [6, 6.07) is 8.58. The van der Waals surface area contributed by atoms with Crippen molar-refractivity contribution < 1.29 is 32.1 Å². The van der Waals surface area contributed by atoms with Crippen molar-refractivity contribution in [2.45, 2.75) is 82.7 Å². The van der Waals surface area contributed by atoms with Crippen molar-refractivity contribution in [3.63, 3.8) is 0 Å². The predicted octanol–water partition coefficient (Wildman–Crippen LogP) is 3.79. The van der Waals surface area contributed by atoms with Crippen LogP contribution < -0.4 is 0 Å². The maximum absolute atomic E-state index is 12.6. The van der Waals surface area contributed by atoms with Crippen molar-refractivity contribution in [1.82, 2.24) is 9.88 Å². The molecule has 2 saturated carbocycles. The molecule has 2 aromatic rings. The number of ketones is 2. The van der Waals surface area contributed by atoms with Gasteiger partial charge in [0.25, 0.3) is 10.1 Å². The molecule has 6 fully saturated rings. The average Bonchev–Trinajstić information content (AvgIpc) is 3.43. The number of esters is 1. The molecule has 6 unspecified atom stereocenters. The Balaban J connectivity index is 0.000000159. The molecule has 8 atom stereocenters. The predicted molar refractivity (Wildman–Crippen MR) is 144 cm³/mol. The van der Waals surface area contributed by atoms with Gasteiger partial charge in [0.05, 0.1) is 12.1 Å². The molecule has 1 aromatic carbocycles. The highest BCUT2D eigenvalue weighted by Gasteiger charge is 2.69. The van der Waals surface area contributed by atoms with Gasteiger partial charge in [-0.15, -0.1) is 0 Å². The van der Waals surface area contributed by atoms with E-state index in [2.05, 4.69) is 9.88 Å². The van der Waals surface area contributed by atoms with Crippen LogP contribution in [-0.4, -0.2) is 70.4 Å². The number of hydrogen-bond donors (Lipinski definition) is 2. The molecule has 6 bridgehead atoms. The number of carbonyl (C=O) groups excluding carboxylic acids is 3. The number of carbonyl (C=O) groups is 3. The summed E-state index contributed by atoms with van der Waals surface area (Å²) in [5.74, 6) is -0.128. The maximum atomic E-state index is 12.6. The molecule has 9 nitrogen and oxygen atoms in total. The van der Waals surface area contributed by atoms with E-state index >= 15 is 0 Å². The Kier molecular flexibility index (Phi) is 6.13. The van der Waals surface area contributed by atoms with Crippen LogP contribution in [0.1, 0.15) is 69.7 Å². The lowest BCUT2D eigenvalue weighted by Gasteiger charge is -2.54. The molecule has 4 aliphatic heterocycles. The maximum Gasteiger partial charge on any atom is 0.340 e. The van der Waals surface area contributed by atoms with E-state index < -0.39 is 20.8 Å². The number of benzene rings is 1. The summed E-state index contributed by atoms with van der Waals surface area (Å²) in [4.78, 5) is 42.0. The van der Waals surface area contributed by atoms with Gasteiger partial charge in [-0.2, -0.15) is 8.42 Å². The van der Waals surface area contributed by atoms with Crippen LogP contribution in [0, 0.1) is 22.7 Å². The summed E-state index contributed by atoms with van der Waals surface area (Å²) in [6.45, 7) is 6.27. The lowest BCUT2D eigenvalue weighted by molar-refractivity contribution is -0.145. The van der Waals surface area contributed by atoms with Crippen molar-refractivity contribution in [2.24, 2.45) is 22.7 Å². The SMILES string of the molecule is CC12CCC(C(S(=O)(=O)O)C1=O)C2(C)C.O=C(OC1C[C@@H]2CC3C[C@H](C1)N2CC3=O)c1c[nH]c2ccccc12. The molecule has 39 heavy (non-hydrogen) atoms. The number of piperidine rings is 4. The number of ether oxygens (including phenoxy) is 1. The van der Waals surface area contributed by atoms with Crippen LogP contribution in [0.5, 0.6) is 0 Å². The van der Waals surface area contributed by atoms with E-state index in [-0.39, 0.29) is 35.1 Å². The number of aromatic amines is 1. The first kappa shape index (κ1) is 26.7. The van der Waals surface area contributed by atoms with Crippen LogP contribution in [-0.2, 0) is 24.4 Å². The zero-order valence-corrected chi connectivity index (χ0v) is 23.4. The molecule has 0 radical (unpaired) electrons. The van der Waals surface area contributed by atoms with Gasteiger partial charge in [0, 0.05) is 53.4 Å². The molecule has 4 saturated heterocycles. The number of rotatable bonds is 3. The Bertz CT molecular complexity index is 1450. The Morgan fingerprint density at radius 1 is 1.08 bits per heavy atom. The molecular formula is C29H36N2O7S. The third-order valence-electron chi connectivity index (χ3n) is 10.8. The number of nitrogens with one attached hydrogen (secondary N) is 1. The Labute approximate surface area is 228 Å². The van der Waals surface area contributed by atoms with Crippen LogP contribution >= 0.6 is 0 Å². The third-order valence-corrected chi connectivity index (χ3v) is 12.0. The number of aromatic nitrogens is 1. The molecule has 2 aliphatic carbocycles. The molecule has 6 aliphatic rings. The fraction of sp³-hybridized carbons (Fsp3) is 0.621. The highest BCUT2D eigenvalue weighted by molar-refractivity contribution is 7.87. The van der Waals surface area contributed by atoms with Crippen molar-refractivity contribution in [2.75, 3.05) is 6.54 Å². The molecule has 1 aromatic heterocycles. The Morgan fingerprint density at radius 2 is 1.74 bits per heavy atom. The second-order valence-electron chi connectivity index (χ2n) is 12.9. The smallest absolute Gasteiger partial charge is 0.340 e. The largest absolute Gasteiger partial charge is 0.459 e. The highest BCUT2D eigenvalue weighted by atomic mass is 32.2. The van der Waals surface area contributed by atoms with Crippen molar-refractivity contribution in [1.29, 1.82) is 0 Å². The Morgan fingerprint density at radius 3 is 2.31 bits per heavy atom. The Hall–Kier alpha value is -2.56. The summed E-state index contributed by atoms with van der Waals surface area (Å²) in [6.07, 6.45) is 6.73. The quantitative estimate of drug-likeness (QED) is 0.431. The van der Waals surface area contributed by atoms with E-state index in [9.17, 15) is 22.8 Å². The molecule has 10 heteroatoms. The molecule has 2 N–H and O–H groups in total. The fourth-order valence-corrected chi connectivity index (χ4v) is 9.64. The van der Waals surface area contributed by atoms with Crippen LogP contribution in [0.25, 0.3) is 10.9 Å². The zero-order valence-electron chi connectivity index (χ0n) is 22.6. The third kappa shape index (κ3) is 4.09. The minimum Gasteiger partial charge on any atom is -0.459 e. The number of hydrogen-bond acceptors (Lipinski definition) is 7. The summed E-state index contributed by atoms with van der Waals surface area (Å²) >= 11 is 0. The monoisotopic (exact) mass is 556 g/mol. The van der Waals surface area contributed by atoms with E-state index in [1.54, 1.807) is 6.20 Å². The topological polar surface area (TPSA) is 134 Å². The minimum atomic E-state index is -4.24. The van der Waals surface area contributed by atoms with Gasteiger partial charge in [-0.05, 0) is 43.1 Å². The summed E-state index contributed by atoms with van der Waals surface area (Å²) in [5, 5.41) is -0.279. The first-order chi connectivity index (χ1) is 18.3. The van der Waals surface area contributed by atoms with Crippen LogP contribution in [0.15, 0.2) is 30.5 Å². The van der Waals surface area contributed by atoms with E-state index in [1.807, 2.05) is 45.0 Å². The second kappa shape index (κ2) is 8.97. The fourth-order valence-electron chi connectivity index (χ4n) is 8.22. The van der Waals surface area contributed by atoms with Crippen LogP contribution in [0.3, 0.4) is 0 Å². The van der Waals surface area contributed by atoms with Gasteiger partial charge in [0.15, 0.2) is 5.78 Å². The molecule has 210 valence electrons. The van der Waals surface area contributed by atoms with Crippen molar-refractivity contribution in [3.8, 4) is 0 Å². The molecule has 0 spiro atoms. The van der Waals surface area contributed by atoms with Crippen LogP contribution in [0.2, 0.25) is 0 Å². The lowest BCUT2D eigenvalue weighted by atomic mass is 9.70. The number of fused-ring (bicyclic) bond motifs is 4. The molecule has 0 amide bonds. The van der Waals surface area contributed by atoms with Gasteiger partial charge >= 0.3 is 5.97 Å². The number of Topliss-reactive ketones (excluding diaryl/α,β-unsaturated/α-hetero) is 2. The molecule has 5 heterocycles. The van der Waals surface area contributed by atoms with E-state index in [4.69, 9.17) is 9.29 Å². The van der Waals surface area contributed by atoms with Gasteiger partial charge in [0.2, 0.25) is 0 Å². The number of nitrogens with zero attached hydrogens (tertiary/aromatic N) is 1. The van der Waals surface area contributed by atoms with Gasteiger partial charge < -0.3 is 9.72 Å². The highest BCUT2D eigenvalue weighted by Crippen LogP contribution is 2.64. The summed E-state index contributed by atoms with van der Waals surface area (Å²) in [7, 11) is -4.24. The van der Waals surface area contributed by atoms with Crippen molar-refractivity contribution >= 4 is 38.6 Å². The normalized spacial score (nSPS) is 38.0. The standard InChI is InChI=1S/C19H20N2O3.C10H16O4S/c22-18-10-21-12-5-11(18)6-13(21)8-14(7-12)24-19(23)16-9-20-17-4-2-1-3-15(16)17;1-9(2)6-4-5-10(9,3)8(11)7(6)15(12,13)14/h1-4,9,11-14,20H,5-8,10H2;6-7H,4-5H2,1-3H3,(H,12,13,14)/t11?,12-,13+,14?;. The van der Waals surface area contributed by atoms with Crippen LogP contribution in [0.4, 0.5) is 0 Å². The summed E-state index contributed by atoms with van der Waals surface area (Å²) < 4.78 is 37.3. The van der Waals surface area contributed by atoms with Gasteiger partial charge in [-0.1, -0.05) is 39.0 Å². The van der Waals surface area contributed by atoms with Gasteiger partial charge in [0.1, 0.15) is 17.1 Å². The van der Waals surface area contributed by atoms with Gasteiger partial charge in [-0.3, -0.25) is 19.0 Å². The average molecular weight is 557 g/mol.